The molecule has 0 N–H and O–H groups in total. The summed E-state index contributed by atoms with van der Waals surface area (Å²) in [4.78, 5) is 26.0. The SMILES string of the molecule is COC(=O)CCc1ccc(OC)c(-c2ccc(C(F)(F)F)cc2[C@@H]2CC[C@H]3[C@@H](c4cc(C(F)(F)F)cc(C(F)(F)F)c4)OC(=O)N23)c1. The minimum absolute atomic E-state index is 0.00462. The highest BCUT2D eigenvalue weighted by Crippen LogP contribution is 2.51. The number of esters is 1. The molecule has 1 amide bonds. The topological polar surface area (TPSA) is 65.1 Å². The Balaban J connectivity index is 1.59. The molecule has 252 valence electrons. The maximum atomic E-state index is 13.9. The van der Waals surface area contributed by atoms with E-state index in [1.54, 1.807) is 18.2 Å². The van der Waals surface area contributed by atoms with Gasteiger partial charge in [-0.2, -0.15) is 39.5 Å². The molecule has 3 atom stereocenters. The molecular weight excluding hydrogens is 649 g/mol. The lowest BCUT2D eigenvalue weighted by molar-refractivity contribution is -0.143. The molecule has 0 aromatic heterocycles. The number of ether oxygens (including phenoxy) is 3. The maximum absolute atomic E-state index is 13.9. The number of carbonyl (C=O) groups excluding carboxylic acids is 2. The van der Waals surface area contributed by atoms with Crippen molar-refractivity contribution in [2.45, 2.75) is 62.4 Å². The zero-order valence-electron chi connectivity index (χ0n) is 24.6. The summed E-state index contributed by atoms with van der Waals surface area (Å²) in [7, 11) is 2.57. The number of methoxy groups -OCH3 is 2. The molecule has 2 aliphatic heterocycles. The third-order valence-corrected chi connectivity index (χ3v) is 8.29. The highest BCUT2D eigenvalue weighted by atomic mass is 19.4. The van der Waals surface area contributed by atoms with Gasteiger partial charge >= 0.3 is 30.6 Å². The first-order valence-electron chi connectivity index (χ1n) is 14.2. The van der Waals surface area contributed by atoms with Crippen LogP contribution >= 0.6 is 0 Å². The standard InChI is InChI=1S/C32H26F9NO5/c1-45-26-9-3-16(4-10-27(43)46-2)11-23(26)21-6-5-18(30(33,34)35)15-22(21)24-7-8-25-28(47-29(44)42(24)25)17-12-19(31(36,37)38)14-20(13-17)32(39,40)41/h3,5-6,9,11-15,24-25,28H,4,7-8,10H2,1-2H3/t24-,25-,28+/m0/s1. The largest absolute Gasteiger partial charge is 0.496 e. The Kier molecular flexibility index (Phi) is 8.88. The van der Waals surface area contributed by atoms with Crippen molar-refractivity contribution in [1.29, 1.82) is 0 Å². The van der Waals surface area contributed by atoms with E-state index in [1.165, 1.54) is 20.3 Å². The number of alkyl halides is 9. The molecule has 3 aromatic rings. The number of hydrogen-bond donors (Lipinski definition) is 0. The zero-order chi connectivity index (χ0) is 34.5. The lowest BCUT2D eigenvalue weighted by Crippen LogP contribution is -2.31. The number of hydrogen-bond acceptors (Lipinski definition) is 5. The van der Waals surface area contributed by atoms with E-state index in [1.807, 2.05) is 0 Å². The minimum Gasteiger partial charge on any atom is -0.496 e. The molecule has 2 fully saturated rings. The molecule has 0 unspecified atom stereocenters. The van der Waals surface area contributed by atoms with Gasteiger partial charge in [0.05, 0.1) is 43.0 Å². The molecule has 2 saturated heterocycles. The number of amides is 1. The normalized spacial score (nSPS) is 19.9. The van der Waals surface area contributed by atoms with E-state index in [-0.39, 0.29) is 48.6 Å². The minimum atomic E-state index is -5.14. The summed E-state index contributed by atoms with van der Waals surface area (Å²) in [6.45, 7) is 0. The monoisotopic (exact) mass is 675 g/mol. The van der Waals surface area contributed by atoms with Crippen molar-refractivity contribution in [2.75, 3.05) is 14.2 Å². The van der Waals surface area contributed by atoms with E-state index in [4.69, 9.17) is 9.47 Å². The van der Waals surface area contributed by atoms with E-state index in [9.17, 15) is 49.1 Å². The van der Waals surface area contributed by atoms with Gasteiger partial charge in [-0.3, -0.25) is 9.69 Å². The second-order valence-corrected chi connectivity index (χ2v) is 11.1. The van der Waals surface area contributed by atoms with Crippen molar-refractivity contribution in [1.82, 2.24) is 4.90 Å². The molecule has 47 heavy (non-hydrogen) atoms. The Morgan fingerprint density at radius 3 is 2.02 bits per heavy atom. The summed E-state index contributed by atoms with van der Waals surface area (Å²) in [5.74, 6) is -0.229. The fourth-order valence-corrected chi connectivity index (χ4v) is 6.11. The van der Waals surface area contributed by atoms with Gasteiger partial charge in [-0.1, -0.05) is 12.1 Å². The van der Waals surface area contributed by atoms with Gasteiger partial charge in [-0.25, -0.2) is 4.79 Å². The van der Waals surface area contributed by atoms with Crippen molar-refractivity contribution in [3.63, 3.8) is 0 Å². The summed E-state index contributed by atoms with van der Waals surface area (Å²) in [6.07, 6.45) is -17.5. The van der Waals surface area contributed by atoms with Gasteiger partial charge in [-0.15, -0.1) is 0 Å². The van der Waals surface area contributed by atoms with E-state index < -0.39 is 71.0 Å². The van der Waals surface area contributed by atoms with Crippen LogP contribution in [0.15, 0.2) is 54.6 Å². The highest BCUT2D eigenvalue weighted by Gasteiger charge is 2.52. The second-order valence-electron chi connectivity index (χ2n) is 11.1. The first kappa shape index (κ1) is 33.9. The fraction of sp³-hybridized carbons (Fsp3) is 0.375. The molecule has 0 saturated carbocycles. The predicted molar refractivity (Wildman–Crippen MR) is 147 cm³/mol. The summed E-state index contributed by atoms with van der Waals surface area (Å²) in [5, 5.41) is 0. The summed E-state index contributed by atoms with van der Waals surface area (Å²) >= 11 is 0. The number of cyclic esters (lactones) is 1. The molecule has 2 heterocycles. The molecule has 0 radical (unpaired) electrons. The number of rotatable bonds is 7. The van der Waals surface area contributed by atoms with E-state index in [0.717, 1.165) is 17.0 Å². The van der Waals surface area contributed by atoms with Crippen LogP contribution < -0.4 is 4.74 Å². The molecule has 6 nitrogen and oxygen atoms in total. The van der Waals surface area contributed by atoms with E-state index in [0.29, 0.717) is 23.3 Å². The third kappa shape index (κ3) is 6.84. The van der Waals surface area contributed by atoms with Crippen molar-refractivity contribution >= 4 is 12.1 Å². The van der Waals surface area contributed by atoms with Crippen molar-refractivity contribution in [3.05, 3.63) is 88.0 Å². The van der Waals surface area contributed by atoms with Gasteiger partial charge in [0.25, 0.3) is 0 Å². The maximum Gasteiger partial charge on any atom is 0.416 e. The Bertz CT molecular complexity index is 1650. The van der Waals surface area contributed by atoms with Crippen LogP contribution in [0.2, 0.25) is 0 Å². The van der Waals surface area contributed by atoms with Gasteiger partial charge in [0.15, 0.2) is 0 Å². The summed E-state index contributed by atoms with van der Waals surface area (Å²) in [6, 6.07) is 6.49. The first-order chi connectivity index (χ1) is 21.9. The number of fused-ring (bicyclic) bond motifs is 1. The fourth-order valence-electron chi connectivity index (χ4n) is 6.11. The Labute approximate surface area is 262 Å². The molecular formula is C32H26F9NO5. The second kappa shape index (κ2) is 12.3. The number of halogens is 9. The van der Waals surface area contributed by atoms with E-state index in [2.05, 4.69) is 4.74 Å². The van der Waals surface area contributed by atoms with Crippen LogP contribution in [0.5, 0.6) is 5.75 Å². The van der Waals surface area contributed by atoms with Crippen LogP contribution in [0.3, 0.4) is 0 Å². The van der Waals surface area contributed by atoms with Crippen molar-refractivity contribution in [2.24, 2.45) is 0 Å². The molecule has 0 bridgehead atoms. The van der Waals surface area contributed by atoms with Crippen LogP contribution in [-0.2, 0) is 39.2 Å². The van der Waals surface area contributed by atoms with Crippen LogP contribution in [-0.4, -0.2) is 37.2 Å². The average Bonchev–Trinajstić information content (AvgIpc) is 3.59. The van der Waals surface area contributed by atoms with Gasteiger partial charge < -0.3 is 14.2 Å². The number of carbonyl (C=O) groups is 2. The number of benzene rings is 3. The van der Waals surface area contributed by atoms with Crippen molar-refractivity contribution < 1.29 is 63.3 Å². The van der Waals surface area contributed by atoms with Gasteiger partial charge in [0.1, 0.15) is 11.9 Å². The Morgan fingerprint density at radius 2 is 1.45 bits per heavy atom. The van der Waals surface area contributed by atoms with Crippen LogP contribution in [0.25, 0.3) is 11.1 Å². The van der Waals surface area contributed by atoms with Gasteiger partial charge in [0.2, 0.25) is 0 Å². The van der Waals surface area contributed by atoms with Crippen LogP contribution in [0.1, 0.15) is 64.8 Å². The molecule has 2 aliphatic rings. The molecule has 0 aliphatic carbocycles. The Hall–Kier alpha value is -4.43. The van der Waals surface area contributed by atoms with Gasteiger partial charge in [0, 0.05) is 12.0 Å². The third-order valence-electron chi connectivity index (χ3n) is 8.29. The van der Waals surface area contributed by atoms with E-state index >= 15 is 0 Å². The number of nitrogens with zero attached hydrogens (tertiary/aromatic N) is 1. The quantitative estimate of drug-likeness (QED) is 0.185. The first-order valence-corrected chi connectivity index (χ1v) is 14.2. The lowest BCUT2D eigenvalue weighted by atomic mass is 9.90. The smallest absolute Gasteiger partial charge is 0.416 e. The molecule has 5 rings (SSSR count). The zero-order valence-corrected chi connectivity index (χ0v) is 24.6. The van der Waals surface area contributed by atoms with Crippen LogP contribution in [0, 0.1) is 0 Å². The molecule has 3 aromatic carbocycles. The van der Waals surface area contributed by atoms with Gasteiger partial charge in [-0.05, 0) is 84.0 Å². The average molecular weight is 676 g/mol. The number of aryl methyl sites for hydroxylation is 1. The molecule has 0 spiro atoms. The Morgan fingerprint density at radius 1 is 0.809 bits per heavy atom. The summed E-state index contributed by atoms with van der Waals surface area (Å²) in [5.41, 5.74) is -3.57. The predicted octanol–water partition coefficient (Wildman–Crippen LogP) is 8.92. The molecule has 15 heteroatoms. The summed E-state index contributed by atoms with van der Waals surface area (Å²) < 4.78 is 139. The van der Waals surface area contributed by atoms with Crippen molar-refractivity contribution in [3.8, 4) is 16.9 Å². The van der Waals surface area contributed by atoms with Crippen LogP contribution in [0.4, 0.5) is 44.3 Å². The highest BCUT2D eigenvalue weighted by molar-refractivity contribution is 5.78. The lowest BCUT2D eigenvalue weighted by Gasteiger charge is -2.26.